The lowest BCUT2D eigenvalue weighted by molar-refractivity contribution is 0.216. The van der Waals surface area contributed by atoms with Crippen molar-refractivity contribution in [3.8, 4) is 5.75 Å². The lowest BCUT2D eigenvalue weighted by atomic mass is 10.3. The third-order valence-electron chi connectivity index (χ3n) is 2.40. The highest BCUT2D eigenvalue weighted by atomic mass is 35.5. The topological polar surface area (TPSA) is 21.3 Å². The molecule has 1 aliphatic rings. The Hall–Kier alpha value is -0.730. The van der Waals surface area contributed by atoms with E-state index in [1.807, 2.05) is 24.3 Å². The molecular formula is C12H16ClNO. The van der Waals surface area contributed by atoms with Crippen molar-refractivity contribution in [1.29, 1.82) is 0 Å². The Bertz CT molecular complexity index is 325. The summed E-state index contributed by atoms with van der Waals surface area (Å²) in [6.45, 7) is 2.97. The third kappa shape index (κ3) is 3.73. The van der Waals surface area contributed by atoms with Crippen molar-refractivity contribution in [2.45, 2.75) is 31.9 Å². The van der Waals surface area contributed by atoms with Crippen molar-refractivity contribution in [1.82, 2.24) is 5.32 Å². The van der Waals surface area contributed by atoms with E-state index in [-0.39, 0.29) is 6.10 Å². The Morgan fingerprint density at radius 1 is 1.53 bits per heavy atom. The monoisotopic (exact) mass is 225 g/mol. The van der Waals surface area contributed by atoms with Crippen LogP contribution in [0, 0.1) is 0 Å². The second-order valence-electron chi connectivity index (χ2n) is 4.07. The summed E-state index contributed by atoms with van der Waals surface area (Å²) >= 11 is 5.87. The predicted octanol–water partition coefficient (Wildman–Crippen LogP) is 2.86. The van der Waals surface area contributed by atoms with Crippen LogP contribution in [0.4, 0.5) is 0 Å². The molecule has 1 aromatic carbocycles. The molecule has 1 aromatic rings. The van der Waals surface area contributed by atoms with Gasteiger partial charge in [-0.3, -0.25) is 0 Å². The SMILES string of the molecule is CC(CNC1CC1)Oc1cccc(Cl)c1. The van der Waals surface area contributed by atoms with Gasteiger partial charge in [-0.2, -0.15) is 0 Å². The molecule has 0 radical (unpaired) electrons. The van der Waals surface area contributed by atoms with E-state index in [1.165, 1.54) is 12.8 Å². The van der Waals surface area contributed by atoms with Crippen molar-refractivity contribution in [2.24, 2.45) is 0 Å². The van der Waals surface area contributed by atoms with Gasteiger partial charge in [0, 0.05) is 17.6 Å². The van der Waals surface area contributed by atoms with Gasteiger partial charge in [-0.15, -0.1) is 0 Å². The van der Waals surface area contributed by atoms with Crippen LogP contribution < -0.4 is 10.1 Å². The summed E-state index contributed by atoms with van der Waals surface area (Å²) in [6, 6.07) is 8.25. The van der Waals surface area contributed by atoms with Crippen LogP contribution in [0.15, 0.2) is 24.3 Å². The highest BCUT2D eigenvalue weighted by Crippen LogP contribution is 2.20. The fraction of sp³-hybridized carbons (Fsp3) is 0.500. The standard InChI is InChI=1S/C12H16ClNO/c1-9(8-14-11-5-6-11)15-12-4-2-3-10(13)7-12/h2-4,7,9,11,14H,5-6,8H2,1H3. The Balaban J connectivity index is 1.79. The van der Waals surface area contributed by atoms with Crippen LogP contribution in [0.5, 0.6) is 5.75 Å². The molecule has 1 aliphatic carbocycles. The first kappa shape index (κ1) is 10.8. The molecule has 0 amide bonds. The third-order valence-corrected chi connectivity index (χ3v) is 2.64. The van der Waals surface area contributed by atoms with E-state index < -0.39 is 0 Å². The molecule has 0 aliphatic heterocycles. The molecule has 15 heavy (non-hydrogen) atoms. The van der Waals surface area contributed by atoms with E-state index in [2.05, 4.69) is 12.2 Å². The van der Waals surface area contributed by atoms with Gasteiger partial charge in [-0.1, -0.05) is 17.7 Å². The van der Waals surface area contributed by atoms with Crippen molar-refractivity contribution in [2.75, 3.05) is 6.54 Å². The summed E-state index contributed by atoms with van der Waals surface area (Å²) in [6.07, 6.45) is 2.80. The van der Waals surface area contributed by atoms with Crippen LogP contribution in [-0.4, -0.2) is 18.7 Å². The quantitative estimate of drug-likeness (QED) is 0.832. The molecule has 3 heteroatoms. The first-order valence-corrected chi connectivity index (χ1v) is 5.77. The molecule has 2 rings (SSSR count). The Morgan fingerprint density at radius 3 is 3.00 bits per heavy atom. The van der Waals surface area contributed by atoms with Crippen molar-refractivity contribution < 1.29 is 4.74 Å². The van der Waals surface area contributed by atoms with E-state index in [0.717, 1.165) is 23.4 Å². The van der Waals surface area contributed by atoms with E-state index in [1.54, 1.807) is 0 Å². The number of halogens is 1. The zero-order valence-electron chi connectivity index (χ0n) is 8.87. The van der Waals surface area contributed by atoms with Gasteiger partial charge in [0.2, 0.25) is 0 Å². The largest absolute Gasteiger partial charge is 0.489 e. The average Bonchev–Trinajstić information content (AvgIpc) is 2.98. The molecule has 0 spiro atoms. The molecule has 0 aromatic heterocycles. The summed E-state index contributed by atoms with van der Waals surface area (Å²) in [5.41, 5.74) is 0. The molecule has 2 nitrogen and oxygen atoms in total. The van der Waals surface area contributed by atoms with Crippen LogP contribution in [0.3, 0.4) is 0 Å². The minimum Gasteiger partial charge on any atom is -0.489 e. The molecule has 1 unspecified atom stereocenters. The molecule has 1 N–H and O–H groups in total. The number of rotatable bonds is 5. The van der Waals surface area contributed by atoms with Gasteiger partial charge in [0.15, 0.2) is 0 Å². The predicted molar refractivity (Wildman–Crippen MR) is 62.6 cm³/mol. The summed E-state index contributed by atoms with van der Waals surface area (Å²) < 4.78 is 5.73. The number of nitrogens with one attached hydrogen (secondary N) is 1. The lowest BCUT2D eigenvalue weighted by Crippen LogP contribution is -2.30. The van der Waals surface area contributed by atoms with Gasteiger partial charge in [0.05, 0.1) is 0 Å². The van der Waals surface area contributed by atoms with Crippen molar-refractivity contribution in [3.05, 3.63) is 29.3 Å². The summed E-state index contributed by atoms with van der Waals surface area (Å²) in [7, 11) is 0. The van der Waals surface area contributed by atoms with Crippen LogP contribution >= 0.6 is 11.6 Å². The number of hydrogen-bond acceptors (Lipinski definition) is 2. The summed E-state index contributed by atoms with van der Waals surface area (Å²) in [5.74, 6) is 0.840. The first-order chi connectivity index (χ1) is 7.24. The zero-order chi connectivity index (χ0) is 10.7. The van der Waals surface area contributed by atoms with Gasteiger partial charge in [0.25, 0.3) is 0 Å². The van der Waals surface area contributed by atoms with Gasteiger partial charge in [-0.05, 0) is 38.0 Å². The lowest BCUT2D eigenvalue weighted by Gasteiger charge is -2.15. The minimum absolute atomic E-state index is 0.184. The maximum Gasteiger partial charge on any atom is 0.121 e. The molecule has 1 fully saturated rings. The summed E-state index contributed by atoms with van der Waals surface area (Å²) in [5, 5.41) is 4.15. The highest BCUT2D eigenvalue weighted by Gasteiger charge is 2.21. The zero-order valence-corrected chi connectivity index (χ0v) is 9.63. The van der Waals surface area contributed by atoms with Crippen molar-refractivity contribution >= 4 is 11.6 Å². The smallest absolute Gasteiger partial charge is 0.121 e. The fourth-order valence-electron chi connectivity index (χ4n) is 1.43. The van der Waals surface area contributed by atoms with E-state index in [4.69, 9.17) is 16.3 Å². The Kier molecular flexibility index (Phi) is 3.49. The Morgan fingerprint density at radius 2 is 2.33 bits per heavy atom. The van der Waals surface area contributed by atoms with Gasteiger partial charge < -0.3 is 10.1 Å². The number of hydrogen-bond donors (Lipinski definition) is 1. The molecule has 82 valence electrons. The minimum atomic E-state index is 0.184. The van der Waals surface area contributed by atoms with Crippen molar-refractivity contribution in [3.63, 3.8) is 0 Å². The average molecular weight is 226 g/mol. The van der Waals surface area contributed by atoms with E-state index in [0.29, 0.717) is 0 Å². The molecule has 0 heterocycles. The molecular weight excluding hydrogens is 210 g/mol. The molecule has 0 saturated heterocycles. The van der Waals surface area contributed by atoms with Gasteiger partial charge in [-0.25, -0.2) is 0 Å². The Labute approximate surface area is 95.6 Å². The second-order valence-corrected chi connectivity index (χ2v) is 4.50. The normalized spacial score (nSPS) is 17.5. The van der Waals surface area contributed by atoms with Crippen LogP contribution in [0.25, 0.3) is 0 Å². The molecule has 1 atom stereocenters. The second kappa shape index (κ2) is 4.86. The summed E-state index contributed by atoms with van der Waals surface area (Å²) in [4.78, 5) is 0. The van der Waals surface area contributed by atoms with Crippen LogP contribution in [0.1, 0.15) is 19.8 Å². The maximum absolute atomic E-state index is 5.87. The van der Waals surface area contributed by atoms with E-state index >= 15 is 0 Å². The van der Waals surface area contributed by atoms with Gasteiger partial charge >= 0.3 is 0 Å². The number of benzene rings is 1. The van der Waals surface area contributed by atoms with Crippen LogP contribution in [-0.2, 0) is 0 Å². The van der Waals surface area contributed by atoms with Gasteiger partial charge in [0.1, 0.15) is 11.9 Å². The molecule has 0 bridgehead atoms. The van der Waals surface area contributed by atoms with E-state index in [9.17, 15) is 0 Å². The first-order valence-electron chi connectivity index (χ1n) is 5.39. The molecule has 1 saturated carbocycles. The number of ether oxygens (including phenoxy) is 1. The maximum atomic E-state index is 5.87. The fourth-order valence-corrected chi connectivity index (χ4v) is 1.61. The van der Waals surface area contributed by atoms with Crippen LogP contribution in [0.2, 0.25) is 5.02 Å². The highest BCUT2D eigenvalue weighted by molar-refractivity contribution is 6.30.